The van der Waals surface area contributed by atoms with Crippen molar-refractivity contribution in [2.75, 3.05) is 46.5 Å². The molecule has 0 aliphatic rings. The molecule has 0 aromatic carbocycles. The third kappa shape index (κ3) is 13.3. The molecule has 0 spiro atoms. The van der Waals surface area contributed by atoms with Crippen LogP contribution < -0.4 is 10.6 Å². The predicted molar refractivity (Wildman–Crippen MR) is 103 cm³/mol. The van der Waals surface area contributed by atoms with Crippen molar-refractivity contribution < 1.29 is 0 Å². The lowest BCUT2D eigenvalue weighted by Gasteiger charge is -2.20. The molecule has 0 radical (unpaired) electrons. The van der Waals surface area contributed by atoms with Gasteiger partial charge in [0.1, 0.15) is 0 Å². The number of nitrogens with one attached hydrogen (secondary N) is 2. The standard InChI is InChI=1S/C17H38N4S/c1-7-18-16(20-15-17(2,3)22-6)19-13-11-9-8-10-12-14-21(4)5/h7-15H2,1-6H3,(H2,18,19,20). The molecule has 22 heavy (non-hydrogen) atoms. The topological polar surface area (TPSA) is 39.7 Å². The van der Waals surface area contributed by atoms with Crippen LogP contribution in [0.1, 0.15) is 52.9 Å². The highest BCUT2D eigenvalue weighted by Gasteiger charge is 2.15. The van der Waals surface area contributed by atoms with E-state index in [0.29, 0.717) is 0 Å². The highest BCUT2D eigenvalue weighted by molar-refractivity contribution is 7.99. The van der Waals surface area contributed by atoms with E-state index in [1.807, 2.05) is 11.8 Å². The van der Waals surface area contributed by atoms with Gasteiger partial charge in [-0.25, -0.2) is 0 Å². The smallest absolute Gasteiger partial charge is 0.191 e. The molecular weight excluding hydrogens is 292 g/mol. The quantitative estimate of drug-likeness (QED) is 0.327. The van der Waals surface area contributed by atoms with Crippen LogP contribution in [0.5, 0.6) is 0 Å². The lowest BCUT2D eigenvalue weighted by molar-refractivity contribution is 0.389. The van der Waals surface area contributed by atoms with Crippen molar-refractivity contribution in [1.29, 1.82) is 0 Å². The van der Waals surface area contributed by atoms with Gasteiger partial charge in [0.05, 0.1) is 6.54 Å². The second-order valence-corrected chi connectivity index (χ2v) is 8.17. The number of unbranched alkanes of at least 4 members (excludes halogenated alkanes) is 4. The van der Waals surface area contributed by atoms with Crippen LogP contribution in [-0.2, 0) is 0 Å². The number of aliphatic imine (C=N–C) groups is 1. The first-order valence-corrected chi connectivity index (χ1v) is 9.86. The van der Waals surface area contributed by atoms with Crippen LogP contribution in [0, 0.1) is 0 Å². The first kappa shape index (κ1) is 21.6. The highest BCUT2D eigenvalue weighted by atomic mass is 32.2. The minimum absolute atomic E-state index is 0.203. The molecule has 0 aliphatic carbocycles. The molecule has 2 N–H and O–H groups in total. The van der Waals surface area contributed by atoms with Crippen LogP contribution in [0.3, 0.4) is 0 Å². The van der Waals surface area contributed by atoms with Gasteiger partial charge in [0.2, 0.25) is 0 Å². The summed E-state index contributed by atoms with van der Waals surface area (Å²) in [6.07, 6.45) is 8.66. The van der Waals surface area contributed by atoms with Crippen LogP contribution in [-0.4, -0.2) is 62.1 Å². The van der Waals surface area contributed by atoms with Crippen molar-refractivity contribution >= 4 is 17.7 Å². The van der Waals surface area contributed by atoms with Gasteiger partial charge in [0.25, 0.3) is 0 Å². The Bertz CT molecular complexity index is 290. The molecule has 0 atom stereocenters. The molecule has 0 aromatic rings. The maximum atomic E-state index is 4.69. The third-order valence-corrected chi connectivity index (χ3v) is 4.82. The summed E-state index contributed by atoms with van der Waals surface area (Å²) in [7, 11) is 4.29. The Kier molecular flexibility index (Phi) is 12.8. The summed E-state index contributed by atoms with van der Waals surface area (Å²) in [4.78, 5) is 6.95. The largest absolute Gasteiger partial charge is 0.357 e. The highest BCUT2D eigenvalue weighted by Crippen LogP contribution is 2.20. The molecule has 5 heteroatoms. The number of guanidine groups is 1. The Morgan fingerprint density at radius 3 is 2.27 bits per heavy atom. The van der Waals surface area contributed by atoms with Crippen LogP contribution in [0.4, 0.5) is 0 Å². The molecule has 0 saturated heterocycles. The normalized spacial score (nSPS) is 12.8. The molecule has 0 saturated carbocycles. The van der Waals surface area contributed by atoms with Crippen molar-refractivity contribution in [3.63, 3.8) is 0 Å². The van der Waals surface area contributed by atoms with E-state index >= 15 is 0 Å². The van der Waals surface area contributed by atoms with Crippen LogP contribution in [0.25, 0.3) is 0 Å². The average Bonchev–Trinajstić information content (AvgIpc) is 2.47. The molecule has 132 valence electrons. The lowest BCUT2D eigenvalue weighted by Crippen LogP contribution is -2.38. The van der Waals surface area contributed by atoms with E-state index in [2.05, 4.69) is 56.7 Å². The first-order chi connectivity index (χ1) is 10.4. The monoisotopic (exact) mass is 330 g/mol. The molecule has 0 amide bonds. The van der Waals surface area contributed by atoms with Gasteiger partial charge < -0.3 is 15.5 Å². The van der Waals surface area contributed by atoms with Gasteiger partial charge >= 0.3 is 0 Å². The molecule has 4 nitrogen and oxygen atoms in total. The van der Waals surface area contributed by atoms with Crippen molar-refractivity contribution in [1.82, 2.24) is 15.5 Å². The summed E-state index contributed by atoms with van der Waals surface area (Å²) in [5, 5.41) is 6.77. The summed E-state index contributed by atoms with van der Waals surface area (Å²) < 4.78 is 0.203. The molecule has 0 aliphatic heterocycles. The van der Waals surface area contributed by atoms with Crippen molar-refractivity contribution in [2.24, 2.45) is 4.99 Å². The van der Waals surface area contributed by atoms with Crippen LogP contribution >= 0.6 is 11.8 Å². The van der Waals surface area contributed by atoms with Gasteiger partial charge in [-0.1, -0.05) is 19.3 Å². The molecule has 0 fully saturated rings. The second-order valence-electron chi connectivity index (χ2n) is 6.66. The molecular formula is C17H38N4S. The van der Waals surface area contributed by atoms with E-state index in [-0.39, 0.29) is 4.75 Å². The van der Waals surface area contributed by atoms with E-state index in [4.69, 9.17) is 4.99 Å². The lowest BCUT2D eigenvalue weighted by atomic mass is 10.1. The number of nitrogens with zero attached hydrogens (tertiary/aromatic N) is 2. The zero-order valence-electron chi connectivity index (χ0n) is 15.7. The van der Waals surface area contributed by atoms with Crippen LogP contribution in [0.2, 0.25) is 0 Å². The first-order valence-electron chi connectivity index (χ1n) is 8.63. The van der Waals surface area contributed by atoms with Crippen molar-refractivity contribution in [3.05, 3.63) is 0 Å². The maximum Gasteiger partial charge on any atom is 0.191 e. The van der Waals surface area contributed by atoms with Gasteiger partial charge in [-0.15, -0.1) is 0 Å². The van der Waals surface area contributed by atoms with Gasteiger partial charge in [-0.2, -0.15) is 11.8 Å². The van der Waals surface area contributed by atoms with Crippen molar-refractivity contribution in [3.8, 4) is 0 Å². The summed E-state index contributed by atoms with van der Waals surface area (Å²) in [5.41, 5.74) is 0. The van der Waals surface area contributed by atoms with E-state index in [9.17, 15) is 0 Å². The Labute approximate surface area is 142 Å². The number of hydrogen-bond donors (Lipinski definition) is 2. The Hall–Kier alpha value is -0.420. The third-order valence-electron chi connectivity index (χ3n) is 3.59. The van der Waals surface area contributed by atoms with Crippen LogP contribution in [0.15, 0.2) is 4.99 Å². The van der Waals surface area contributed by atoms with E-state index < -0.39 is 0 Å². The number of hydrogen-bond acceptors (Lipinski definition) is 3. The fourth-order valence-corrected chi connectivity index (χ4v) is 2.16. The maximum absolute atomic E-state index is 4.69. The molecule has 0 unspecified atom stereocenters. The Morgan fingerprint density at radius 2 is 1.68 bits per heavy atom. The number of thioether (sulfide) groups is 1. The summed E-state index contributed by atoms with van der Waals surface area (Å²) in [6.45, 7) is 10.6. The number of rotatable bonds is 12. The summed E-state index contributed by atoms with van der Waals surface area (Å²) in [5.74, 6) is 0.956. The van der Waals surface area contributed by atoms with E-state index in [1.54, 1.807) is 0 Å². The van der Waals surface area contributed by atoms with E-state index in [1.165, 1.54) is 38.6 Å². The predicted octanol–water partition coefficient (Wildman–Crippen LogP) is 3.20. The SMILES string of the molecule is CCNC(=NCC(C)(C)SC)NCCCCCCCN(C)C. The zero-order valence-corrected chi connectivity index (χ0v) is 16.5. The molecule has 0 bridgehead atoms. The van der Waals surface area contributed by atoms with Crippen molar-refractivity contribution in [2.45, 2.75) is 57.6 Å². The van der Waals surface area contributed by atoms with Gasteiger partial charge in [0.15, 0.2) is 5.96 Å². The average molecular weight is 331 g/mol. The molecule has 0 aromatic heterocycles. The van der Waals surface area contributed by atoms with Gasteiger partial charge in [-0.05, 0) is 60.5 Å². The molecule has 0 heterocycles. The Morgan fingerprint density at radius 1 is 1.05 bits per heavy atom. The minimum atomic E-state index is 0.203. The molecule has 0 rings (SSSR count). The van der Waals surface area contributed by atoms with Gasteiger partial charge in [-0.3, -0.25) is 4.99 Å². The fraction of sp³-hybridized carbons (Fsp3) is 0.941. The fourth-order valence-electron chi connectivity index (χ4n) is 1.97. The van der Waals surface area contributed by atoms with E-state index in [0.717, 1.165) is 25.6 Å². The zero-order chi connectivity index (χ0) is 16.8. The summed E-state index contributed by atoms with van der Waals surface area (Å²) >= 11 is 1.86. The second kappa shape index (κ2) is 13.1. The minimum Gasteiger partial charge on any atom is -0.357 e. The summed E-state index contributed by atoms with van der Waals surface area (Å²) in [6, 6.07) is 0. The van der Waals surface area contributed by atoms with Gasteiger partial charge in [0, 0.05) is 17.8 Å². The Balaban J connectivity index is 3.80.